The van der Waals surface area contributed by atoms with Gasteiger partial charge in [0.15, 0.2) is 0 Å². The maximum absolute atomic E-state index is 11.9. The summed E-state index contributed by atoms with van der Waals surface area (Å²) in [6, 6.07) is 4.03. The Morgan fingerprint density at radius 3 is 2.88 bits per heavy atom. The molecule has 0 spiro atoms. The number of thiophene rings is 1. The number of carbonyl (C=O) groups is 1. The highest BCUT2D eigenvalue weighted by Gasteiger charge is 2.23. The fourth-order valence-corrected chi connectivity index (χ4v) is 3.17. The van der Waals surface area contributed by atoms with Crippen molar-refractivity contribution in [3.63, 3.8) is 0 Å². The van der Waals surface area contributed by atoms with E-state index in [0.29, 0.717) is 5.69 Å². The van der Waals surface area contributed by atoms with Crippen LogP contribution < -0.4 is 0 Å². The van der Waals surface area contributed by atoms with Gasteiger partial charge in [-0.3, -0.25) is 4.79 Å². The van der Waals surface area contributed by atoms with Crippen LogP contribution in [-0.2, 0) is 0 Å². The highest BCUT2D eigenvalue weighted by atomic mass is 32.1. The van der Waals surface area contributed by atoms with E-state index in [2.05, 4.69) is 4.98 Å². The smallest absolute Gasteiger partial charge is 0.273 e. The third kappa shape index (κ3) is 1.66. The number of aromatic nitrogens is 1. The molecule has 1 aliphatic rings. The van der Waals surface area contributed by atoms with Crippen LogP contribution in [-0.4, -0.2) is 28.9 Å². The average molecular weight is 250 g/mol. The first-order chi connectivity index (χ1) is 7.84. The fraction of sp³-hybridized carbons (Fsp3) is 0.273. The lowest BCUT2D eigenvalue weighted by Crippen LogP contribution is -2.42. The van der Waals surface area contributed by atoms with Gasteiger partial charge in [0.2, 0.25) is 0 Å². The standard InChI is InChI=1S/C11H10N2OS2/c14-11(13-4-2-5-13)8-7-16-10(12-8)9-3-1-6-15-9/h1,3,6-7H,2,4-5H2. The van der Waals surface area contributed by atoms with Crippen LogP contribution in [0.4, 0.5) is 0 Å². The van der Waals surface area contributed by atoms with Gasteiger partial charge in [-0.1, -0.05) is 6.07 Å². The van der Waals surface area contributed by atoms with E-state index in [4.69, 9.17) is 0 Å². The van der Waals surface area contributed by atoms with Crippen LogP contribution in [0.1, 0.15) is 16.9 Å². The molecule has 1 amide bonds. The first-order valence-electron chi connectivity index (χ1n) is 5.13. The zero-order valence-electron chi connectivity index (χ0n) is 8.55. The van der Waals surface area contributed by atoms with Crippen LogP contribution in [0, 0.1) is 0 Å². The van der Waals surface area contributed by atoms with E-state index in [1.807, 2.05) is 27.8 Å². The Hall–Kier alpha value is -1.20. The normalized spacial score (nSPS) is 14.9. The van der Waals surface area contributed by atoms with Gasteiger partial charge in [0, 0.05) is 18.5 Å². The number of hydrogen-bond acceptors (Lipinski definition) is 4. The van der Waals surface area contributed by atoms with Crippen molar-refractivity contribution in [1.29, 1.82) is 0 Å². The summed E-state index contributed by atoms with van der Waals surface area (Å²) in [5.41, 5.74) is 0.591. The van der Waals surface area contributed by atoms with Gasteiger partial charge in [0.25, 0.3) is 5.91 Å². The molecule has 1 saturated heterocycles. The van der Waals surface area contributed by atoms with Gasteiger partial charge in [0.1, 0.15) is 10.7 Å². The highest BCUT2D eigenvalue weighted by molar-refractivity contribution is 7.20. The summed E-state index contributed by atoms with van der Waals surface area (Å²) >= 11 is 3.19. The summed E-state index contributed by atoms with van der Waals surface area (Å²) < 4.78 is 0. The second-order valence-corrected chi connectivity index (χ2v) is 5.47. The molecule has 0 N–H and O–H groups in total. The fourth-order valence-electron chi connectivity index (χ4n) is 1.57. The minimum Gasteiger partial charge on any atom is -0.337 e. The van der Waals surface area contributed by atoms with Gasteiger partial charge in [-0.25, -0.2) is 4.98 Å². The molecule has 0 aliphatic carbocycles. The summed E-state index contributed by atoms with van der Waals surface area (Å²) in [5.74, 6) is 0.0744. The average Bonchev–Trinajstić information content (AvgIpc) is 2.86. The number of nitrogens with zero attached hydrogens (tertiary/aromatic N) is 2. The van der Waals surface area contributed by atoms with Crippen molar-refractivity contribution in [3.8, 4) is 9.88 Å². The predicted molar refractivity (Wildman–Crippen MR) is 65.9 cm³/mol. The SMILES string of the molecule is O=C(c1csc(-c2cccs2)n1)N1CCC1. The molecule has 0 atom stereocenters. The molecule has 3 rings (SSSR count). The summed E-state index contributed by atoms with van der Waals surface area (Å²) in [5, 5.41) is 4.82. The Labute approximate surface area is 101 Å². The Bertz CT molecular complexity index is 500. The van der Waals surface area contributed by atoms with Gasteiger partial charge >= 0.3 is 0 Å². The molecule has 3 nitrogen and oxygen atoms in total. The summed E-state index contributed by atoms with van der Waals surface area (Å²) in [7, 11) is 0. The van der Waals surface area contributed by atoms with Crippen molar-refractivity contribution in [2.45, 2.75) is 6.42 Å². The van der Waals surface area contributed by atoms with E-state index in [0.717, 1.165) is 29.4 Å². The first kappa shape index (κ1) is 9.99. The van der Waals surface area contributed by atoms with Crippen molar-refractivity contribution in [1.82, 2.24) is 9.88 Å². The molecular weight excluding hydrogens is 240 g/mol. The van der Waals surface area contributed by atoms with Crippen LogP contribution in [0.3, 0.4) is 0 Å². The van der Waals surface area contributed by atoms with E-state index >= 15 is 0 Å². The second-order valence-electron chi connectivity index (χ2n) is 3.66. The number of amides is 1. The molecule has 3 heterocycles. The summed E-state index contributed by atoms with van der Waals surface area (Å²) in [4.78, 5) is 19.2. The van der Waals surface area contributed by atoms with Gasteiger partial charge in [0.05, 0.1) is 4.88 Å². The minimum atomic E-state index is 0.0744. The Kier molecular flexibility index (Phi) is 2.49. The van der Waals surface area contributed by atoms with E-state index < -0.39 is 0 Å². The van der Waals surface area contributed by atoms with Gasteiger partial charge in [-0.15, -0.1) is 22.7 Å². The van der Waals surface area contributed by atoms with Crippen LogP contribution in [0.15, 0.2) is 22.9 Å². The lowest BCUT2D eigenvalue weighted by atomic mass is 10.2. The number of rotatable bonds is 2. The number of carbonyl (C=O) groups excluding carboxylic acids is 1. The molecule has 0 bridgehead atoms. The van der Waals surface area contributed by atoms with E-state index in [-0.39, 0.29) is 5.91 Å². The molecule has 1 aliphatic heterocycles. The van der Waals surface area contributed by atoms with Crippen molar-refractivity contribution in [2.75, 3.05) is 13.1 Å². The third-order valence-electron chi connectivity index (χ3n) is 2.60. The van der Waals surface area contributed by atoms with E-state index in [1.54, 1.807) is 11.3 Å². The molecule has 1 fully saturated rings. The highest BCUT2D eigenvalue weighted by Crippen LogP contribution is 2.28. The van der Waals surface area contributed by atoms with Crippen LogP contribution in [0.25, 0.3) is 9.88 Å². The van der Waals surface area contributed by atoms with Crippen molar-refractivity contribution in [2.24, 2.45) is 0 Å². The first-order valence-corrected chi connectivity index (χ1v) is 6.89. The summed E-state index contributed by atoms with van der Waals surface area (Å²) in [6.45, 7) is 1.76. The molecule has 0 radical (unpaired) electrons. The lowest BCUT2D eigenvalue weighted by molar-refractivity contribution is 0.0646. The van der Waals surface area contributed by atoms with Crippen LogP contribution in [0.5, 0.6) is 0 Å². The zero-order chi connectivity index (χ0) is 11.0. The topological polar surface area (TPSA) is 33.2 Å². The Balaban J connectivity index is 1.84. The molecule has 16 heavy (non-hydrogen) atoms. The molecule has 0 aromatic carbocycles. The zero-order valence-corrected chi connectivity index (χ0v) is 10.2. The molecule has 82 valence electrons. The van der Waals surface area contributed by atoms with Crippen molar-refractivity contribution >= 4 is 28.6 Å². The maximum atomic E-state index is 11.9. The molecule has 0 saturated carbocycles. The van der Waals surface area contributed by atoms with Gasteiger partial charge in [-0.05, 0) is 17.9 Å². The van der Waals surface area contributed by atoms with Crippen molar-refractivity contribution < 1.29 is 4.79 Å². The molecule has 5 heteroatoms. The number of hydrogen-bond donors (Lipinski definition) is 0. The van der Waals surface area contributed by atoms with Gasteiger partial charge in [-0.2, -0.15) is 0 Å². The lowest BCUT2D eigenvalue weighted by Gasteiger charge is -2.29. The third-order valence-corrected chi connectivity index (χ3v) is 4.48. The van der Waals surface area contributed by atoms with E-state index in [9.17, 15) is 4.79 Å². The number of thiazole rings is 1. The van der Waals surface area contributed by atoms with Crippen LogP contribution in [0.2, 0.25) is 0 Å². The van der Waals surface area contributed by atoms with Crippen LogP contribution >= 0.6 is 22.7 Å². The largest absolute Gasteiger partial charge is 0.337 e. The summed E-state index contributed by atoms with van der Waals surface area (Å²) in [6.07, 6.45) is 1.12. The Morgan fingerprint density at radius 1 is 1.38 bits per heavy atom. The number of likely N-dealkylation sites (tertiary alicyclic amines) is 1. The second kappa shape index (κ2) is 3.99. The minimum absolute atomic E-state index is 0.0744. The molecule has 2 aromatic heterocycles. The predicted octanol–water partition coefficient (Wildman–Crippen LogP) is 2.72. The van der Waals surface area contributed by atoms with Crippen molar-refractivity contribution in [3.05, 3.63) is 28.6 Å². The quantitative estimate of drug-likeness (QED) is 0.821. The van der Waals surface area contributed by atoms with Gasteiger partial charge < -0.3 is 4.90 Å². The van der Waals surface area contributed by atoms with E-state index in [1.165, 1.54) is 11.3 Å². The Morgan fingerprint density at radius 2 is 2.25 bits per heavy atom. The monoisotopic (exact) mass is 250 g/mol. The molecule has 2 aromatic rings. The molecule has 0 unspecified atom stereocenters. The molecular formula is C11H10N2OS2. The maximum Gasteiger partial charge on any atom is 0.273 e.